The van der Waals surface area contributed by atoms with Crippen LogP contribution in [0, 0.1) is 10.1 Å². The minimum Gasteiger partial charge on any atom is -0.508 e. The maximum absolute atomic E-state index is 10.9. The quantitative estimate of drug-likeness (QED) is 0.428. The fraction of sp³-hybridized carbons (Fsp3) is 0.235. The van der Waals surface area contributed by atoms with E-state index in [-0.39, 0.29) is 17.2 Å². The summed E-state index contributed by atoms with van der Waals surface area (Å²) >= 11 is 0. The highest BCUT2D eigenvalue weighted by atomic mass is 16.6. The van der Waals surface area contributed by atoms with Crippen LogP contribution in [0.1, 0.15) is 24.0 Å². The van der Waals surface area contributed by atoms with E-state index in [9.17, 15) is 20.3 Å². The number of nitro benzene ring substituents is 1. The fourth-order valence-electron chi connectivity index (χ4n) is 3.31. The van der Waals surface area contributed by atoms with Crippen molar-refractivity contribution in [1.29, 1.82) is 0 Å². The van der Waals surface area contributed by atoms with Crippen molar-refractivity contribution in [3.05, 3.63) is 51.7 Å². The number of phenolic OH excluding ortho intramolecular Hbond substituents is 2. The van der Waals surface area contributed by atoms with Crippen LogP contribution in [-0.4, -0.2) is 24.9 Å². The molecule has 24 heavy (non-hydrogen) atoms. The first-order chi connectivity index (χ1) is 11.5. The number of nitro groups is 1. The molecule has 7 nitrogen and oxygen atoms in total. The molecule has 2 aromatic carbocycles. The maximum atomic E-state index is 10.9. The zero-order valence-corrected chi connectivity index (χ0v) is 12.8. The van der Waals surface area contributed by atoms with E-state index in [2.05, 4.69) is 5.10 Å². The number of aromatic hydroxyl groups is 2. The van der Waals surface area contributed by atoms with Crippen LogP contribution < -0.4 is 0 Å². The summed E-state index contributed by atoms with van der Waals surface area (Å²) in [7, 11) is 0. The lowest BCUT2D eigenvalue weighted by molar-refractivity contribution is -0.384. The van der Waals surface area contributed by atoms with Crippen molar-refractivity contribution in [2.75, 3.05) is 0 Å². The summed E-state index contributed by atoms with van der Waals surface area (Å²) < 4.78 is 1.46. The van der Waals surface area contributed by atoms with Crippen molar-refractivity contribution < 1.29 is 15.1 Å². The smallest absolute Gasteiger partial charge is 0.270 e. The molecule has 0 saturated carbocycles. The number of hydrogen-bond donors (Lipinski definition) is 2. The van der Waals surface area contributed by atoms with Crippen LogP contribution in [0.5, 0.6) is 11.5 Å². The molecule has 0 aliphatic heterocycles. The summed E-state index contributed by atoms with van der Waals surface area (Å²) in [5, 5.41) is 36.7. The monoisotopic (exact) mass is 325 g/mol. The van der Waals surface area contributed by atoms with Crippen LogP contribution in [0.3, 0.4) is 0 Å². The van der Waals surface area contributed by atoms with Crippen LogP contribution in [-0.2, 0) is 12.8 Å². The zero-order valence-electron chi connectivity index (χ0n) is 12.8. The second-order valence-electron chi connectivity index (χ2n) is 6.00. The molecule has 1 aliphatic carbocycles. The van der Waals surface area contributed by atoms with E-state index in [1.807, 2.05) is 0 Å². The second-order valence-corrected chi connectivity index (χ2v) is 6.00. The Bertz CT molecular complexity index is 978. The van der Waals surface area contributed by atoms with E-state index in [0.717, 1.165) is 36.8 Å². The van der Waals surface area contributed by atoms with Gasteiger partial charge in [-0.3, -0.25) is 10.1 Å². The molecule has 1 aromatic heterocycles. The normalized spacial score (nSPS) is 13.8. The molecule has 0 amide bonds. The van der Waals surface area contributed by atoms with Gasteiger partial charge in [0.1, 0.15) is 17.2 Å². The number of hydrogen-bond acceptors (Lipinski definition) is 5. The number of nitrogens with zero attached hydrogens (tertiary/aromatic N) is 3. The highest BCUT2D eigenvalue weighted by molar-refractivity contribution is 5.81. The Labute approximate surface area is 136 Å². The molecule has 0 atom stereocenters. The number of non-ortho nitro benzene ring substituents is 1. The molecule has 0 fully saturated rings. The highest BCUT2D eigenvalue weighted by Gasteiger charge is 2.21. The number of phenols is 2. The third kappa shape index (κ3) is 2.17. The van der Waals surface area contributed by atoms with Crippen LogP contribution in [0.2, 0.25) is 0 Å². The first kappa shape index (κ1) is 14.5. The largest absolute Gasteiger partial charge is 0.508 e. The van der Waals surface area contributed by atoms with Gasteiger partial charge in [-0.05, 0) is 31.7 Å². The van der Waals surface area contributed by atoms with E-state index < -0.39 is 4.92 Å². The van der Waals surface area contributed by atoms with Crippen LogP contribution in [0.25, 0.3) is 16.6 Å². The molecule has 0 bridgehead atoms. The summed E-state index contributed by atoms with van der Waals surface area (Å²) in [5.74, 6) is 0.271. The Hall–Kier alpha value is -3.09. The van der Waals surface area contributed by atoms with Gasteiger partial charge < -0.3 is 10.2 Å². The molecule has 0 saturated heterocycles. The van der Waals surface area contributed by atoms with E-state index in [4.69, 9.17) is 0 Å². The lowest BCUT2D eigenvalue weighted by atomic mass is 9.89. The van der Waals surface area contributed by atoms with E-state index >= 15 is 0 Å². The van der Waals surface area contributed by atoms with Gasteiger partial charge in [-0.25, -0.2) is 4.68 Å². The Morgan fingerprint density at radius 2 is 1.88 bits per heavy atom. The number of aromatic nitrogens is 2. The second kappa shape index (κ2) is 5.23. The van der Waals surface area contributed by atoms with Crippen molar-refractivity contribution in [2.45, 2.75) is 25.7 Å². The van der Waals surface area contributed by atoms with Crippen molar-refractivity contribution in [2.24, 2.45) is 0 Å². The van der Waals surface area contributed by atoms with Crippen molar-refractivity contribution >= 4 is 16.6 Å². The molecule has 0 radical (unpaired) electrons. The SMILES string of the molecule is O=[N+]([O-])c1ccc2nn(-c3cc(O)c4c(c3O)CCCC4)cc2c1. The van der Waals surface area contributed by atoms with Crippen molar-refractivity contribution in [1.82, 2.24) is 9.78 Å². The topological polar surface area (TPSA) is 101 Å². The number of rotatable bonds is 2. The van der Waals surface area contributed by atoms with Gasteiger partial charge in [-0.1, -0.05) is 0 Å². The molecule has 0 unspecified atom stereocenters. The summed E-state index contributed by atoms with van der Waals surface area (Å²) in [5.41, 5.74) is 2.51. The zero-order chi connectivity index (χ0) is 16.8. The minimum absolute atomic E-state index is 0.0143. The van der Waals surface area contributed by atoms with Gasteiger partial charge in [0.15, 0.2) is 0 Å². The van der Waals surface area contributed by atoms with Gasteiger partial charge in [0.05, 0.1) is 10.4 Å². The van der Waals surface area contributed by atoms with Crippen LogP contribution in [0.15, 0.2) is 30.5 Å². The third-order valence-electron chi connectivity index (χ3n) is 4.52. The van der Waals surface area contributed by atoms with E-state index in [1.54, 1.807) is 12.3 Å². The molecule has 1 aliphatic rings. The van der Waals surface area contributed by atoms with Crippen molar-refractivity contribution in [3.8, 4) is 17.2 Å². The Morgan fingerprint density at radius 3 is 2.62 bits per heavy atom. The molecular weight excluding hydrogens is 310 g/mol. The van der Waals surface area contributed by atoms with Gasteiger partial charge in [0.2, 0.25) is 0 Å². The molecule has 0 spiro atoms. The van der Waals surface area contributed by atoms with E-state index in [0.29, 0.717) is 16.6 Å². The minimum atomic E-state index is -0.459. The molecule has 4 rings (SSSR count). The van der Waals surface area contributed by atoms with Crippen LogP contribution in [0.4, 0.5) is 5.69 Å². The molecule has 122 valence electrons. The fourth-order valence-corrected chi connectivity index (χ4v) is 3.31. The number of fused-ring (bicyclic) bond motifs is 2. The highest BCUT2D eigenvalue weighted by Crippen LogP contribution is 2.39. The van der Waals surface area contributed by atoms with E-state index in [1.165, 1.54) is 22.9 Å². The molecular formula is C17H15N3O4. The number of benzene rings is 2. The predicted octanol–water partition coefficient (Wildman–Crippen LogP) is 3.22. The average Bonchev–Trinajstić information content (AvgIpc) is 3.01. The molecule has 3 aromatic rings. The summed E-state index contributed by atoms with van der Waals surface area (Å²) in [6.45, 7) is 0. The maximum Gasteiger partial charge on any atom is 0.270 e. The standard InChI is InChI=1S/C17H15N3O4/c21-16-8-15(17(22)13-4-2-1-3-12(13)16)19-9-10-7-11(20(23)24)5-6-14(10)18-19/h5-9,21-22H,1-4H2. The third-order valence-corrected chi connectivity index (χ3v) is 4.52. The Morgan fingerprint density at radius 1 is 1.12 bits per heavy atom. The van der Waals surface area contributed by atoms with Crippen LogP contribution >= 0.6 is 0 Å². The molecule has 2 N–H and O–H groups in total. The van der Waals surface area contributed by atoms with Gasteiger partial charge in [-0.2, -0.15) is 5.10 Å². The summed E-state index contributed by atoms with van der Waals surface area (Å²) in [4.78, 5) is 10.4. The van der Waals surface area contributed by atoms with Crippen molar-refractivity contribution in [3.63, 3.8) is 0 Å². The molecule has 7 heteroatoms. The lowest BCUT2D eigenvalue weighted by Crippen LogP contribution is -2.06. The average molecular weight is 325 g/mol. The Balaban J connectivity index is 1.88. The summed E-state index contributed by atoms with van der Waals surface area (Å²) in [6.07, 6.45) is 5.05. The van der Waals surface area contributed by atoms with Gasteiger partial charge in [0, 0.05) is 40.9 Å². The predicted molar refractivity (Wildman–Crippen MR) is 87.7 cm³/mol. The van der Waals surface area contributed by atoms with Gasteiger partial charge in [0.25, 0.3) is 5.69 Å². The lowest BCUT2D eigenvalue weighted by Gasteiger charge is -2.20. The Kier molecular flexibility index (Phi) is 3.16. The van der Waals surface area contributed by atoms with Gasteiger partial charge >= 0.3 is 0 Å². The molecule has 1 heterocycles. The first-order valence-corrected chi connectivity index (χ1v) is 7.75. The summed E-state index contributed by atoms with van der Waals surface area (Å²) in [6, 6.07) is 5.90. The first-order valence-electron chi connectivity index (χ1n) is 7.75. The van der Waals surface area contributed by atoms with Gasteiger partial charge in [-0.15, -0.1) is 0 Å².